The van der Waals surface area contributed by atoms with Crippen molar-refractivity contribution in [3.8, 4) is 0 Å². The average Bonchev–Trinajstić information content (AvgIpc) is 2.53. The molecule has 2 rings (SSSR count). The number of hydrogen-bond donors (Lipinski definition) is 1. The largest absolute Gasteiger partial charge is 0.325 e. The van der Waals surface area contributed by atoms with Crippen LogP contribution in [0.25, 0.3) is 0 Å². The molecule has 25 heavy (non-hydrogen) atoms. The summed E-state index contributed by atoms with van der Waals surface area (Å²) < 4.78 is 24.6. The van der Waals surface area contributed by atoms with E-state index in [1.54, 1.807) is 31.2 Å². The molecule has 134 valence electrons. The highest BCUT2D eigenvalue weighted by Crippen LogP contribution is 2.27. The van der Waals surface area contributed by atoms with Gasteiger partial charge in [-0.15, -0.1) is 0 Å². The van der Waals surface area contributed by atoms with Crippen LogP contribution in [0.1, 0.15) is 23.9 Å². The van der Waals surface area contributed by atoms with Crippen molar-refractivity contribution in [3.63, 3.8) is 0 Å². The normalized spacial score (nSPS) is 12.3. The van der Waals surface area contributed by atoms with Gasteiger partial charge in [0.1, 0.15) is 0 Å². The first-order valence-corrected chi connectivity index (χ1v) is 9.36. The predicted octanol–water partition coefficient (Wildman–Crippen LogP) is 4.84. The van der Waals surface area contributed by atoms with Gasteiger partial charge in [-0.25, -0.2) is 9.97 Å². The summed E-state index contributed by atoms with van der Waals surface area (Å²) in [4.78, 5) is 21.6. The lowest BCUT2D eigenvalue weighted by atomic mass is 10.2. The second kappa shape index (κ2) is 8.62. The Kier molecular flexibility index (Phi) is 6.78. The molecule has 1 aromatic carbocycles. The number of anilines is 1. The maximum Gasteiger partial charge on any atom is 0.288 e. The van der Waals surface area contributed by atoms with Crippen molar-refractivity contribution in [1.29, 1.82) is 0 Å². The molecule has 0 bridgehead atoms. The summed E-state index contributed by atoms with van der Waals surface area (Å²) in [7, 11) is 0. The molecule has 0 radical (unpaired) electrons. The van der Waals surface area contributed by atoms with Gasteiger partial charge in [0.15, 0.2) is 5.16 Å². The number of thioether (sulfide) groups is 2. The Morgan fingerprint density at radius 1 is 1.04 bits per heavy atom. The lowest BCUT2D eigenvalue weighted by Crippen LogP contribution is -2.22. The van der Waals surface area contributed by atoms with Gasteiger partial charge in [-0.3, -0.25) is 4.79 Å². The SMILES string of the molecule is Cc1nc(S[C@@H](C)C(=O)Nc2ccc(SC(F)F)cc2)nc(C)c1C. The topological polar surface area (TPSA) is 54.9 Å². The number of nitrogens with zero attached hydrogens (tertiary/aromatic N) is 2. The molecule has 0 saturated carbocycles. The smallest absolute Gasteiger partial charge is 0.288 e. The first kappa shape index (κ1) is 19.7. The zero-order valence-electron chi connectivity index (χ0n) is 14.3. The van der Waals surface area contributed by atoms with Crippen LogP contribution < -0.4 is 5.32 Å². The summed E-state index contributed by atoms with van der Waals surface area (Å²) in [6.45, 7) is 7.57. The predicted molar refractivity (Wildman–Crippen MR) is 98.5 cm³/mol. The van der Waals surface area contributed by atoms with Crippen LogP contribution in [0.2, 0.25) is 0 Å². The summed E-state index contributed by atoms with van der Waals surface area (Å²) in [5, 5.41) is 2.94. The van der Waals surface area contributed by atoms with Crippen molar-refractivity contribution in [1.82, 2.24) is 9.97 Å². The molecule has 0 aliphatic rings. The number of carbonyl (C=O) groups excluding carboxylic acids is 1. The summed E-state index contributed by atoms with van der Waals surface area (Å²) in [6, 6.07) is 6.33. The van der Waals surface area contributed by atoms with E-state index in [2.05, 4.69) is 15.3 Å². The Morgan fingerprint density at radius 2 is 1.60 bits per heavy atom. The number of alkyl halides is 2. The van der Waals surface area contributed by atoms with Crippen LogP contribution in [-0.2, 0) is 4.79 Å². The van der Waals surface area contributed by atoms with E-state index in [0.717, 1.165) is 17.0 Å². The molecule has 1 amide bonds. The molecule has 1 atom stereocenters. The molecule has 2 aromatic rings. The van der Waals surface area contributed by atoms with Crippen LogP contribution >= 0.6 is 23.5 Å². The Morgan fingerprint density at radius 3 is 2.12 bits per heavy atom. The van der Waals surface area contributed by atoms with Crippen LogP contribution in [0.15, 0.2) is 34.3 Å². The van der Waals surface area contributed by atoms with Crippen LogP contribution in [-0.4, -0.2) is 26.9 Å². The standard InChI is InChI=1S/C17H19F2N3OS2/c1-9-10(2)20-17(21-11(9)3)24-12(4)15(23)22-13-5-7-14(8-6-13)25-16(18)19/h5-8,12,16H,1-4H3,(H,22,23)/t12-/m0/s1. The first-order chi connectivity index (χ1) is 11.8. The summed E-state index contributed by atoms with van der Waals surface area (Å²) in [5.41, 5.74) is 3.40. The molecule has 4 nitrogen and oxygen atoms in total. The third-order valence-corrected chi connectivity index (χ3v) is 5.29. The number of benzene rings is 1. The summed E-state index contributed by atoms with van der Waals surface area (Å²) >= 11 is 1.75. The van der Waals surface area contributed by atoms with Crippen molar-refractivity contribution < 1.29 is 13.6 Å². The molecule has 1 aromatic heterocycles. The van der Waals surface area contributed by atoms with Gasteiger partial charge in [-0.05, 0) is 57.5 Å². The number of aromatic nitrogens is 2. The molecular formula is C17H19F2N3OS2. The second-order valence-electron chi connectivity index (χ2n) is 5.45. The van der Waals surface area contributed by atoms with Crippen molar-refractivity contribution in [2.45, 2.75) is 48.8 Å². The third-order valence-electron chi connectivity index (χ3n) is 3.61. The second-order valence-corrected chi connectivity index (χ2v) is 7.83. The zero-order chi connectivity index (χ0) is 18.6. The molecule has 1 N–H and O–H groups in total. The fraction of sp³-hybridized carbons (Fsp3) is 0.353. The molecule has 1 heterocycles. The molecule has 0 aliphatic carbocycles. The van der Waals surface area contributed by atoms with Crippen molar-refractivity contribution in [2.24, 2.45) is 0 Å². The Bertz CT molecular complexity index is 731. The van der Waals surface area contributed by atoms with Crippen molar-refractivity contribution >= 4 is 35.1 Å². The number of rotatable bonds is 6. The van der Waals surface area contributed by atoms with E-state index in [4.69, 9.17) is 0 Å². The number of nitrogens with one attached hydrogen (secondary N) is 1. The number of hydrogen-bond acceptors (Lipinski definition) is 5. The van der Waals surface area contributed by atoms with Crippen LogP contribution in [0, 0.1) is 20.8 Å². The van der Waals surface area contributed by atoms with Crippen LogP contribution in [0.3, 0.4) is 0 Å². The van der Waals surface area contributed by atoms with Gasteiger partial charge < -0.3 is 5.32 Å². The van der Waals surface area contributed by atoms with E-state index in [-0.39, 0.29) is 5.91 Å². The fourth-order valence-corrected chi connectivity index (χ4v) is 3.33. The maximum absolute atomic E-state index is 12.3. The minimum atomic E-state index is -2.46. The quantitative estimate of drug-likeness (QED) is 0.572. The van der Waals surface area contributed by atoms with Crippen LogP contribution in [0.4, 0.5) is 14.5 Å². The zero-order valence-corrected chi connectivity index (χ0v) is 16.0. The molecule has 0 saturated heterocycles. The molecule has 0 aliphatic heterocycles. The van der Waals surface area contributed by atoms with Gasteiger partial charge in [0.05, 0.1) is 5.25 Å². The van der Waals surface area contributed by atoms with Gasteiger partial charge in [0, 0.05) is 22.0 Å². The van der Waals surface area contributed by atoms with Crippen molar-refractivity contribution in [3.05, 3.63) is 41.2 Å². The number of amides is 1. The number of aryl methyl sites for hydroxylation is 2. The molecule has 0 spiro atoms. The summed E-state index contributed by atoms with van der Waals surface area (Å²) in [5.74, 6) is -2.66. The lowest BCUT2D eigenvalue weighted by molar-refractivity contribution is -0.115. The summed E-state index contributed by atoms with van der Waals surface area (Å²) in [6.07, 6.45) is 0. The Labute approximate surface area is 154 Å². The van der Waals surface area contributed by atoms with Crippen molar-refractivity contribution in [2.75, 3.05) is 5.32 Å². The highest BCUT2D eigenvalue weighted by molar-refractivity contribution is 8.00. The van der Waals surface area contributed by atoms with Gasteiger partial charge >= 0.3 is 0 Å². The average molecular weight is 383 g/mol. The van der Waals surface area contributed by atoms with Gasteiger partial charge in [-0.1, -0.05) is 23.5 Å². The maximum atomic E-state index is 12.3. The highest BCUT2D eigenvalue weighted by atomic mass is 32.2. The third kappa shape index (κ3) is 5.67. The number of halogens is 2. The van der Waals surface area contributed by atoms with Gasteiger partial charge in [-0.2, -0.15) is 8.78 Å². The Balaban J connectivity index is 1.98. The minimum absolute atomic E-state index is 0.196. The van der Waals surface area contributed by atoms with E-state index in [9.17, 15) is 13.6 Å². The molecule has 0 fully saturated rings. The van der Waals surface area contributed by atoms with E-state index in [1.165, 1.54) is 11.8 Å². The lowest BCUT2D eigenvalue weighted by Gasteiger charge is -2.13. The van der Waals surface area contributed by atoms with E-state index in [1.807, 2.05) is 20.8 Å². The number of carbonyl (C=O) groups is 1. The fourth-order valence-electron chi connectivity index (χ4n) is 1.97. The molecule has 0 unspecified atom stereocenters. The minimum Gasteiger partial charge on any atom is -0.325 e. The highest BCUT2D eigenvalue weighted by Gasteiger charge is 2.17. The van der Waals surface area contributed by atoms with E-state index < -0.39 is 11.0 Å². The van der Waals surface area contributed by atoms with Gasteiger partial charge in [0.25, 0.3) is 5.76 Å². The molecular weight excluding hydrogens is 364 g/mol. The Hall–Kier alpha value is -1.67. The first-order valence-electron chi connectivity index (χ1n) is 7.60. The molecule has 8 heteroatoms. The van der Waals surface area contributed by atoms with Crippen LogP contribution in [0.5, 0.6) is 0 Å². The van der Waals surface area contributed by atoms with E-state index >= 15 is 0 Å². The van der Waals surface area contributed by atoms with Gasteiger partial charge in [0.2, 0.25) is 5.91 Å². The monoisotopic (exact) mass is 383 g/mol. The van der Waals surface area contributed by atoms with E-state index in [0.29, 0.717) is 27.5 Å².